The van der Waals surface area contributed by atoms with Crippen LogP contribution in [-0.4, -0.2) is 26.4 Å². The normalized spacial score (nSPS) is 17.4. The minimum absolute atomic E-state index is 0.0140. The van der Waals surface area contributed by atoms with Crippen molar-refractivity contribution in [2.24, 2.45) is 0 Å². The van der Waals surface area contributed by atoms with Crippen LogP contribution in [0.4, 0.5) is 15.0 Å². The van der Waals surface area contributed by atoms with Gasteiger partial charge in [-0.15, -0.1) is 0 Å². The van der Waals surface area contributed by atoms with Crippen molar-refractivity contribution >= 4 is 34.5 Å². The maximum atomic E-state index is 14.3. The third-order valence-electron chi connectivity index (χ3n) is 6.61. The van der Waals surface area contributed by atoms with Crippen LogP contribution in [0.5, 0.6) is 0 Å². The van der Waals surface area contributed by atoms with Crippen molar-refractivity contribution in [3.63, 3.8) is 0 Å². The van der Waals surface area contributed by atoms with E-state index in [1.165, 1.54) is 83.5 Å². The maximum Gasteiger partial charge on any atom is 0.412 e. The summed E-state index contributed by atoms with van der Waals surface area (Å²) in [4.78, 5) is 27.8. The molecule has 1 aromatic rings. The van der Waals surface area contributed by atoms with E-state index in [-0.39, 0.29) is 10.7 Å². The van der Waals surface area contributed by atoms with Crippen molar-refractivity contribution < 1.29 is 18.7 Å². The van der Waals surface area contributed by atoms with Crippen LogP contribution in [0.2, 0.25) is 0 Å². The fourth-order valence-corrected chi connectivity index (χ4v) is 5.17. The summed E-state index contributed by atoms with van der Waals surface area (Å²) in [6.45, 7) is 2.52. The van der Waals surface area contributed by atoms with Gasteiger partial charge in [-0.2, -0.15) is 4.98 Å². The van der Waals surface area contributed by atoms with E-state index in [0.717, 1.165) is 36.4 Å². The van der Waals surface area contributed by atoms with Crippen molar-refractivity contribution in [1.29, 1.82) is 0 Å². The van der Waals surface area contributed by atoms with Crippen molar-refractivity contribution in [3.8, 4) is 0 Å². The molecule has 1 N–H and O–H groups in total. The number of carbonyl (C=O) groups is 1. The van der Waals surface area contributed by atoms with Crippen LogP contribution in [0.15, 0.2) is 11.0 Å². The molecule has 0 aliphatic carbocycles. The summed E-state index contributed by atoms with van der Waals surface area (Å²) >= 11 is 2.13. The van der Waals surface area contributed by atoms with Gasteiger partial charge < -0.3 is 9.47 Å². The second-order valence-electron chi connectivity index (χ2n) is 9.77. The highest BCUT2D eigenvalue weighted by Crippen LogP contribution is 2.30. The van der Waals surface area contributed by atoms with Crippen LogP contribution in [-0.2, 0) is 9.47 Å². The molecule has 206 valence electrons. The Morgan fingerprint density at radius 3 is 2.03 bits per heavy atom. The Labute approximate surface area is 229 Å². The van der Waals surface area contributed by atoms with Gasteiger partial charge in [0.2, 0.25) is 0 Å². The number of ether oxygens (including phenoxy) is 2. The lowest BCUT2D eigenvalue weighted by Gasteiger charge is -2.14. The standard InChI is InChI=1S/C27H45FIN3O4/c1-2-3-4-5-6-7-8-9-10-11-12-13-14-15-16-17-20-35-27(34)31-25-22(28)21-32(26(33)30-25)24-19-18-23(29)36-24/h21,23-24H,2-20H2,1H3,(H,30,31,33,34)/t23-,24-/m1/s1. The highest BCUT2D eigenvalue weighted by Gasteiger charge is 2.26. The highest BCUT2D eigenvalue weighted by molar-refractivity contribution is 14.1. The second kappa shape index (κ2) is 18.9. The number of rotatable bonds is 19. The van der Waals surface area contributed by atoms with E-state index in [2.05, 4.69) is 39.8 Å². The van der Waals surface area contributed by atoms with Crippen LogP contribution >= 0.6 is 22.6 Å². The molecule has 0 radical (unpaired) electrons. The highest BCUT2D eigenvalue weighted by atomic mass is 127. The molecule has 36 heavy (non-hydrogen) atoms. The van der Waals surface area contributed by atoms with Gasteiger partial charge in [-0.1, -0.05) is 126 Å². The summed E-state index contributed by atoms with van der Waals surface area (Å²) in [7, 11) is 0. The predicted molar refractivity (Wildman–Crippen MR) is 150 cm³/mol. The molecule has 7 nitrogen and oxygen atoms in total. The smallest absolute Gasteiger partial charge is 0.412 e. The molecule has 1 aromatic heterocycles. The van der Waals surface area contributed by atoms with Crippen LogP contribution in [0.3, 0.4) is 0 Å². The number of hydrogen-bond acceptors (Lipinski definition) is 5. The van der Waals surface area contributed by atoms with E-state index in [1.54, 1.807) is 0 Å². The quantitative estimate of drug-likeness (QED) is 0.0956. The Morgan fingerprint density at radius 1 is 1.00 bits per heavy atom. The largest absolute Gasteiger partial charge is 0.449 e. The van der Waals surface area contributed by atoms with E-state index in [4.69, 9.17) is 9.47 Å². The average molecular weight is 622 g/mol. The Balaban J connectivity index is 1.44. The number of aromatic nitrogens is 2. The third kappa shape index (κ3) is 12.8. The van der Waals surface area contributed by atoms with Gasteiger partial charge in [0.25, 0.3) is 0 Å². The maximum absolute atomic E-state index is 14.3. The molecule has 0 bridgehead atoms. The molecule has 9 heteroatoms. The van der Waals surface area contributed by atoms with Gasteiger partial charge in [-0.3, -0.25) is 9.88 Å². The molecule has 2 atom stereocenters. The topological polar surface area (TPSA) is 82.5 Å². The van der Waals surface area contributed by atoms with E-state index >= 15 is 0 Å². The van der Waals surface area contributed by atoms with E-state index in [9.17, 15) is 14.0 Å². The summed E-state index contributed by atoms with van der Waals surface area (Å²) in [5, 5.41) is 2.23. The molecule has 0 saturated carbocycles. The molecular weight excluding hydrogens is 576 g/mol. The summed E-state index contributed by atoms with van der Waals surface area (Å²) in [6, 6.07) is 0. The van der Waals surface area contributed by atoms with Crippen molar-refractivity contribution in [2.75, 3.05) is 11.9 Å². The average Bonchev–Trinajstić information content (AvgIpc) is 3.29. The third-order valence-corrected chi connectivity index (χ3v) is 7.53. The molecule has 0 aromatic carbocycles. The van der Waals surface area contributed by atoms with E-state index < -0.39 is 29.6 Å². The number of carbonyl (C=O) groups excluding carboxylic acids is 1. The first kappa shape index (κ1) is 31.0. The van der Waals surface area contributed by atoms with Gasteiger partial charge in [0.05, 0.1) is 12.8 Å². The molecule has 0 spiro atoms. The van der Waals surface area contributed by atoms with Crippen LogP contribution < -0.4 is 11.0 Å². The second-order valence-corrected chi connectivity index (χ2v) is 11.2. The first-order valence-corrected chi connectivity index (χ1v) is 15.3. The summed E-state index contributed by atoms with van der Waals surface area (Å²) in [6.07, 6.45) is 21.5. The van der Waals surface area contributed by atoms with E-state index in [1.807, 2.05) is 0 Å². The molecular formula is C27H45FIN3O4. The predicted octanol–water partition coefficient (Wildman–Crippen LogP) is 8.26. The zero-order valence-electron chi connectivity index (χ0n) is 22.0. The molecule has 2 heterocycles. The summed E-state index contributed by atoms with van der Waals surface area (Å²) < 4.78 is 26.1. The molecule has 0 unspecified atom stereocenters. The number of amides is 1. The zero-order valence-corrected chi connectivity index (χ0v) is 24.1. The molecule has 1 amide bonds. The zero-order chi connectivity index (χ0) is 26.0. The first-order valence-electron chi connectivity index (χ1n) is 14.0. The van der Waals surface area contributed by atoms with Crippen molar-refractivity contribution in [1.82, 2.24) is 9.55 Å². The Morgan fingerprint density at radius 2 is 1.53 bits per heavy atom. The number of anilines is 1. The van der Waals surface area contributed by atoms with Crippen molar-refractivity contribution in [3.05, 3.63) is 22.5 Å². The fourth-order valence-electron chi connectivity index (χ4n) is 4.47. The SMILES string of the molecule is CCCCCCCCCCCCCCCCCCOC(=O)Nc1nc(=O)n([C@H]2CC[C@H](I)O2)cc1F. The Hall–Kier alpha value is -1.23. The lowest BCUT2D eigenvalue weighted by atomic mass is 10.0. The first-order chi connectivity index (χ1) is 17.5. The molecule has 1 aliphatic heterocycles. The molecule has 1 saturated heterocycles. The minimum Gasteiger partial charge on any atom is -0.449 e. The molecule has 2 rings (SSSR count). The summed E-state index contributed by atoms with van der Waals surface area (Å²) in [5.41, 5.74) is -0.667. The number of hydrogen-bond donors (Lipinski definition) is 1. The van der Waals surface area contributed by atoms with Crippen molar-refractivity contribution in [2.45, 2.75) is 133 Å². The van der Waals surface area contributed by atoms with Crippen LogP contribution in [0.1, 0.15) is 129 Å². The Bertz CT molecular complexity index is 808. The lowest BCUT2D eigenvalue weighted by Crippen LogP contribution is -2.29. The van der Waals surface area contributed by atoms with Crippen LogP contribution in [0.25, 0.3) is 0 Å². The number of halogens is 2. The number of unbranched alkanes of at least 4 members (excludes halogenated alkanes) is 15. The number of nitrogens with one attached hydrogen (secondary N) is 1. The van der Waals surface area contributed by atoms with Gasteiger partial charge in [-0.05, 0) is 19.3 Å². The molecule has 1 aliphatic rings. The van der Waals surface area contributed by atoms with Gasteiger partial charge >= 0.3 is 11.8 Å². The summed E-state index contributed by atoms with van der Waals surface area (Å²) in [5.74, 6) is -1.22. The monoisotopic (exact) mass is 621 g/mol. The van der Waals surface area contributed by atoms with Crippen LogP contribution in [0, 0.1) is 5.82 Å². The number of nitrogens with zero attached hydrogens (tertiary/aromatic N) is 2. The Kier molecular flexibility index (Phi) is 16.3. The fraction of sp³-hybridized carbons (Fsp3) is 0.815. The van der Waals surface area contributed by atoms with Gasteiger partial charge in [0.1, 0.15) is 10.3 Å². The minimum atomic E-state index is -0.802. The van der Waals surface area contributed by atoms with Gasteiger partial charge in [-0.25, -0.2) is 14.0 Å². The van der Waals surface area contributed by atoms with E-state index in [0.29, 0.717) is 6.42 Å². The number of alkyl halides is 1. The van der Waals surface area contributed by atoms with Gasteiger partial charge in [0.15, 0.2) is 11.6 Å². The lowest BCUT2D eigenvalue weighted by molar-refractivity contribution is 0.0436. The van der Waals surface area contributed by atoms with Gasteiger partial charge in [0, 0.05) is 0 Å². The molecule has 1 fully saturated rings.